The standard InChI is InChI=1S/C13H13N3O3/c17-8-5-11(13(18)19)16(7-8)12-6-14-15-10-4-2-1-3-9(10)12/h1-4,6,8,11,17H,5,7H2,(H,18,19). The van der Waals surface area contributed by atoms with Crippen LogP contribution in [0.3, 0.4) is 0 Å². The van der Waals surface area contributed by atoms with E-state index in [0.717, 1.165) is 5.39 Å². The summed E-state index contributed by atoms with van der Waals surface area (Å²) in [6.07, 6.45) is 1.15. The highest BCUT2D eigenvalue weighted by Crippen LogP contribution is 2.30. The topological polar surface area (TPSA) is 86.5 Å². The van der Waals surface area contributed by atoms with E-state index in [0.29, 0.717) is 17.7 Å². The lowest BCUT2D eigenvalue weighted by atomic mass is 10.1. The minimum Gasteiger partial charge on any atom is -0.480 e. The van der Waals surface area contributed by atoms with E-state index in [1.807, 2.05) is 24.3 Å². The van der Waals surface area contributed by atoms with Gasteiger partial charge in [0.2, 0.25) is 0 Å². The van der Waals surface area contributed by atoms with Gasteiger partial charge in [0.15, 0.2) is 0 Å². The van der Waals surface area contributed by atoms with Gasteiger partial charge >= 0.3 is 5.97 Å². The van der Waals surface area contributed by atoms with E-state index in [1.165, 1.54) is 0 Å². The predicted octanol–water partition coefficient (Wildman–Crippen LogP) is 0.654. The normalized spacial score (nSPS) is 22.9. The fourth-order valence-electron chi connectivity index (χ4n) is 2.54. The Morgan fingerprint density at radius 3 is 2.95 bits per heavy atom. The lowest BCUT2D eigenvalue weighted by molar-refractivity contribution is -0.138. The number of benzene rings is 1. The third-order valence-corrected chi connectivity index (χ3v) is 3.40. The Morgan fingerprint density at radius 1 is 1.37 bits per heavy atom. The number of anilines is 1. The minimum atomic E-state index is -0.933. The maximum absolute atomic E-state index is 11.3. The number of aliphatic hydroxyl groups excluding tert-OH is 1. The number of hydrogen-bond donors (Lipinski definition) is 2. The molecule has 0 aliphatic carbocycles. The molecule has 2 aromatic rings. The van der Waals surface area contributed by atoms with Crippen LogP contribution in [0, 0.1) is 0 Å². The third-order valence-electron chi connectivity index (χ3n) is 3.40. The predicted molar refractivity (Wildman–Crippen MR) is 68.9 cm³/mol. The molecule has 0 saturated carbocycles. The van der Waals surface area contributed by atoms with Gasteiger partial charge in [0, 0.05) is 18.4 Å². The molecule has 2 heterocycles. The molecule has 1 aromatic carbocycles. The first-order chi connectivity index (χ1) is 9.16. The molecule has 0 radical (unpaired) electrons. The average Bonchev–Trinajstić information content (AvgIpc) is 2.80. The van der Waals surface area contributed by atoms with E-state index in [4.69, 9.17) is 0 Å². The van der Waals surface area contributed by atoms with Crippen molar-refractivity contribution in [3.05, 3.63) is 30.5 Å². The van der Waals surface area contributed by atoms with Crippen LogP contribution in [0.1, 0.15) is 6.42 Å². The molecule has 2 N–H and O–H groups in total. The van der Waals surface area contributed by atoms with Crippen LogP contribution in [0.5, 0.6) is 0 Å². The maximum atomic E-state index is 11.3. The van der Waals surface area contributed by atoms with Gasteiger partial charge in [-0.1, -0.05) is 18.2 Å². The Morgan fingerprint density at radius 2 is 2.16 bits per heavy atom. The van der Waals surface area contributed by atoms with E-state index >= 15 is 0 Å². The molecule has 1 aromatic heterocycles. The van der Waals surface area contributed by atoms with Crippen molar-refractivity contribution in [2.45, 2.75) is 18.6 Å². The summed E-state index contributed by atoms with van der Waals surface area (Å²) >= 11 is 0. The Labute approximate surface area is 109 Å². The van der Waals surface area contributed by atoms with Crippen LogP contribution >= 0.6 is 0 Å². The maximum Gasteiger partial charge on any atom is 0.326 e. The number of aliphatic hydroxyl groups is 1. The fraction of sp³-hybridized carbons (Fsp3) is 0.308. The molecule has 1 aliphatic heterocycles. The Kier molecular flexibility index (Phi) is 2.79. The number of β-amino-alcohol motifs (C(OH)–C–C–N with tert-alkyl or cyclic N) is 1. The van der Waals surface area contributed by atoms with Crippen molar-refractivity contribution in [2.75, 3.05) is 11.4 Å². The van der Waals surface area contributed by atoms with Gasteiger partial charge in [0.1, 0.15) is 6.04 Å². The van der Waals surface area contributed by atoms with Gasteiger partial charge in [0.25, 0.3) is 0 Å². The zero-order chi connectivity index (χ0) is 13.4. The zero-order valence-electron chi connectivity index (χ0n) is 10.1. The summed E-state index contributed by atoms with van der Waals surface area (Å²) in [7, 11) is 0. The summed E-state index contributed by atoms with van der Waals surface area (Å²) in [5.74, 6) is -0.933. The molecule has 0 spiro atoms. The number of hydrogen-bond acceptors (Lipinski definition) is 5. The molecule has 0 amide bonds. The lowest BCUT2D eigenvalue weighted by Gasteiger charge is -2.24. The summed E-state index contributed by atoms with van der Waals surface area (Å²) < 4.78 is 0. The lowest BCUT2D eigenvalue weighted by Crippen LogP contribution is -2.36. The van der Waals surface area contributed by atoms with Gasteiger partial charge < -0.3 is 15.1 Å². The van der Waals surface area contributed by atoms with Crippen LogP contribution in [-0.2, 0) is 4.79 Å². The summed E-state index contributed by atoms with van der Waals surface area (Å²) in [5.41, 5.74) is 1.42. The summed E-state index contributed by atoms with van der Waals surface area (Å²) in [4.78, 5) is 13.0. The van der Waals surface area contributed by atoms with Crippen molar-refractivity contribution in [1.82, 2.24) is 10.2 Å². The monoisotopic (exact) mass is 259 g/mol. The van der Waals surface area contributed by atoms with Gasteiger partial charge in [-0.05, 0) is 6.07 Å². The largest absolute Gasteiger partial charge is 0.480 e. The van der Waals surface area contributed by atoms with Crippen LogP contribution in [0.2, 0.25) is 0 Å². The van der Waals surface area contributed by atoms with Gasteiger partial charge in [-0.3, -0.25) is 0 Å². The van der Waals surface area contributed by atoms with Crippen molar-refractivity contribution in [2.24, 2.45) is 0 Å². The molecular weight excluding hydrogens is 246 g/mol. The van der Waals surface area contributed by atoms with Crippen LogP contribution < -0.4 is 4.90 Å². The van der Waals surface area contributed by atoms with Crippen LogP contribution in [0.15, 0.2) is 30.5 Å². The molecule has 98 valence electrons. The van der Waals surface area contributed by atoms with E-state index in [1.54, 1.807) is 11.1 Å². The first kappa shape index (κ1) is 11.9. The molecule has 1 aliphatic rings. The molecule has 19 heavy (non-hydrogen) atoms. The second kappa shape index (κ2) is 4.47. The second-order valence-corrected chi connectivity index (χ2v) is 4.64. The highest BCUT2D eigenvalue weighted by molar-refractivity contribution is 5.93. The molecule has 3 rings (SSSR count). The molecule has 6 heteroatoms. The van der Waals surface area contributed by atoms with Crippen LogP contribution in [0.4, 0.5) is 5.69 Å². The summed E-state index contributed by atoms with van der Waals surface area (Å²) in [6, 6.07) is 6.71. The van der Waals surface area contributed by atoms with Gasteiger partial charge in [-0.25, -0.2) is 4.79 Å². The van der Waals surface area contributed by atoms with Crippen LogP contribution in [-0.4, -0.2) is 45.1 Å². The third kappa shape index (κ3) is 2.00. The SMILES string of the molecule is O=C(O)C1CC(O)CN1c1cnnc2ccccc12. The second-order valence-electron chi connectivity index (χ2n) is 4.64. The Hall–Kier alpha value is -2.21. The first-order valence-corrected chi connectivity index (χ1v) is 6.05. The van der Waals surface area contributed by atoms with Crippen molar-refractivity contribution in [3.63, 3.8) is 0 Å². The minimum absolute atomic E-state index is 0.228. The Balaban J connectivity index is 2.11. The molecule has 1 fully saturated rings. The highest BCUT2D eigenvalue weighted by Gasteiger charge is 2.36. The quantitative estimate of drug-likeness (QED) is 0.823. The van der Waals surface area contributed by atoms with E-state index in [-0.39, 0.29) is 6.42 Å². The van der Waals surface area contributed by atoms with Crippen molar-refractivity contribution in [1.29, 1.82) is 0 Å². The average molecular weight is 259 g/mol. The van der Waals surface area contributed by atoms with Crippen LogP contribution in [0.25, 0.3) is 10.9 Å². The van der Waals surface area contributed by atoms with Gasteiger partial charge in [0.05, 0.1) is 23.5 Å². The van der Waals surface area contributed by atoms with E-state index in [2.05, 4.69) is 10.2 Å². The van der Waals surface area contributed by atoms with Gasteiger partial charge in [-0.15, -0.1) is 0 Å². The van der Waals surface area contributed by atoms with E-state index in [9.17, 15) is 15.0 Å². The number of carbonyl (C=O) groups is 1. The first-order valence-electron chi connectivity index (χ1n) is 6.05. The zero-order valence-corrected chi connectivity index (χ0v) is 10.1. The van der Waals surface area contributed by atoms with E-state index < -0.39 is 18.1 Å². The molecule has 1 saturated heterocycles. The molecule has 0 bridgehead atoms. The summed E-state index contributed by atoms with van der Waals surface area (Å²) in [6.45, 7) is 0.298. The smallest absolute Gasteiger partial charge is 0.326 e. The highest BCUT2D eigenvalue weighted by atomic mass is 16.4. The molecular formula is C13H13N3O3. The number of carboxylic acids is 1. The molecule has 6 nitrogen and oxygen atoms in total. The number of fused-ring (bicyclic) bond motifs is 1. The number of rotatable bonds is 2. The number of aliphatic carboxylic acids is 1. The number of aromatic nitrogens is 2. The molecule has 2 unspecified atom stereocenters. The molecule has 2 atom stereocenters. The number of nitrogens with zero attached hydrogens (tertiary/aromatic N) is 3. The van der Waals surface area contributed by atoms with Crippen molar-refractivity contribution < 1.29 is 15.0 Å². The van der Waals surface area contributed by atoms with Gasteiger partial charge in [-0.2, -0.15) is 10.2 Å². The van der Waals surface area contributed by atoms with Crippen molar-refractivity contribution in [3.8, 4) is 0 Å². The summed E-state index contributed by atoms with van der Waals surface area (Å²) in [5, 5.41) is 27.7. The Bertz CT molecular complexity index is 626. The van der Waals surface area contributed by atoms with Crippen molar-refractivity contribution >= 4 is 22.6 Å². The number of carboxylic acid groups (broad SMARTS) is 1. The fourth-order valence-corrected chi connectivity index (χ4v) is 2.54.